The van der Waals surface area contributed by atoms with Gasteiger partial charge < -0.3 is 16.0 Å². The molecule has 0 aliphatic heterocycles. The van der Waals surface area contributed by atoms with E-state index < -0.39 is 0 Å². The van der Waals surface area contributed by atoms with Crippen LogP contribution < -0.4 is 16.0 Å². The van der Waals surface area contributed by atoms with E-state index in [1.807, 2.05) is 44.2 Å². The van der Waals surface area contributed by atoms with Crippen LogP contribution in [0.2, 0.25) is 0 Å². The first-order valence-corrected chi connectivity index (χ1v) is 8.70. The van der Waals surface area contributed by atoms with Crippen molar-refractivity contribution in [1.82, 2.24) is 10.6 Å². The van der Waals surface area contributed by atoms with E-state index in [9.17, 15) is 9.18 Å². The molecule has 26 heavy (non-hydrogen) atoms. The van der Waals surface area contributed by atoms with E-state index in [0.717, 1.165) is 23.2 Å². The highest BCUT2D eigenvalue weighted by atomic mass is 19.1. The van der Waals surface area contributed by atoms with Crippen molar-refractivity contribution in [1.29, 1.82) is 0 Å². The lowest BCUT2D eigenvalue weighted by Gasteiger charge is -2.12. The van der Waals surface area contributed by atoms with Gasteiger partial charge in [0, 0.05) is 18.8 Å². The van der Waals surface area contributed by atoms with Crippen LogP contribution >= 0.6 is 0 Å². The van der Waals surface area contributed by atoms with E-state index >= 15 is 0 Å². The van der Waals surface area contributed by atoms with Crippen LogP contribution in [0.3, 0.4) is 0 Å². The maximum Gasteiger partial charge on any atom is 0.246 e. The Kier molecular flexibility index (Phi) is 7.61. The topological polar surface area (TPSA) is 65.5 Å². The second-order valence-electron chi connectivity index (χ2n) is 5.86. The molecule has 0 saturated heterocycles. The van der Waals surface area contributed by atoms with Crippen LogP contribution in [0, 0.1) is 12.7 Å². The molecule has 0 spiro atoms. The molecule has 0 aliphatic carbocycles. The summed E-state index contributed by atoms with van der Waals surface area (Å²) < 4.78 is 13.1. The minimum absolute atomic E-state index is 0.0276. The lowest BCUT2D eigenvalue weighted by atomic mass is 10.1. The van der Waals surface area contributed by atoms with Gasteiger partial charge in [-0.25, -0.2) is 9.38 Å². The quantitative estimate of drug-likeness (QED) is 0.528. The van der Waals surface area contributed by atoms with Crippen molar-refractivity contribution in [3.05, 3.63) is 65.5 Å². The number of rotatable bonds is 7. The zero-order chi connectivity index (χ0) is 18.8. The number of nitrogens with one attached hydrogen (secondary N) is 3. The van der Waals surface area contributed by atoms with Gasteiger partial charge in [-0.3, -0.25) is 4.79 Å². The third kappa shape index (κ3) is 6.55. The molecule has 0 aromatic heterocycles. The number of carbonyl (C=O) groups excluding carboxylic acids is 1. The van der Waals surface area contributed by atoms with Crippen LogP contribution in [0.15, 0.2) is 53.5 Å². The Labute approximate surface area is 153 Å². The van der Waals surface area contributed by atoms with E-state index in [4.69, 9.17) is 0 Å². The number of hydrogen-bond donors (Lipinski definition) is 3. The van der Waals surface area contributed by atoms with Crippen LogP contribution in [0.25, 0.3) is 0 Å². The molecule has 0 aliphatic rings. The van der Waals surface area contributed by atoms with Crippen LogP contribution in [0.4, 0.5) is 10.1 Å². The zero-order valence-corrected chi connectivity index (χ0v) is 15.2. The number of anilines is 1. The summed E-state index contributed by atoms with van der Waals surface area (Å²) >= 11 is 0. The fourth-order valence-electron chi connectivity index (χ4n) is 2.47. The van der Waals surface area contributed by atoms with E-state index in [-0.39, 0.29) is 18.3 Å². The van der Waals surface area contributed by atoms with Gasteiger partial charge in [0.25, 0.3) is 0 Å². The molecule has 0 fully saturated rings. The third-order valence-corrected chi connectivity index (χ3v) is 3.77. The highest BCUT2D eigenvalue weighted by molar-refractivity contribution is 5.94. The van der Waals surface area contributed by atoms with Gasteiger partial charge >= 0.3 is 0 Å². The molecule has 0 bridgehead atoms. The average molecular weight is 356 g/mol. The lowest BCUT2D eigenvalue weighted by molar-refractivity contribution is -0.114. The van der Waals surface area contributed by atoms with Crippen LogP contribution in [0.5, 0.6) is 0 Å². The fraction of sp³-hybridized carbons (Fsp3) is 0.300. The van der Waals surface area contributed by atoms with Crippen molar-refractivity contribution in [3.8, 4) is 0 Å². The van der Waals surface area contributed by atoms with Gasteiger partial charge in [0.05, 0.1) is 0 Å². The fourth-order valence-corrected chi connectivity index (χ4v) is 2.47. The van der Waals surface area contributed by atoms with Crippen LogP contribution in [-0.2, 0) is 11.2 Å². The molecule has 0 radical (unpaired) electrons. The summed E-state index contributed by atoms with van der Waals surface area (Å²) in [7, 11) is 0. The Morgan fingerprint density at radius 2 is 1.88 bits per heavy atom. The largest absolute Gasteiger partial charge is 0.357 e. The third-order valence-electron chi connectivity index (χ3n) is 3.77. The maximum absolute atomic E-state index is 13.1. The number of guanidine groups is 1. The summed E-state index contributed by atoms with van der Waals surface area (Å²) in [6.45, 7) is 5.22. The number of amides is 1. The normalized spacial score (nSPS) is 11.1. The predicted molar refractivity (Wildman–Crippen MR) is 104 cm³/mol. The van der Waals surface area contributed by atoms with Gasteiger partial charge in [-0.15, -0.1) is 0 Å². The molecule has 0 atom stereocenters. The van der Waals surface area contributed by atoms with Gasteiger partial charge in [0.2, 0.25) is 5.91 Å². The molecule has 5 nitrogen and oxygen atoms in total. The minimum Gasteiger partial charge on any atom is -0.357 e. The summed E-state index contributed by atoms with van der Waals surface area (Å²) in [6.07, 6.45) is 0.743. The number of aliphatic imine (C=N–C) groups is 1. The second kappa shape index (κ2) is 10.2. The van der Waals surface area contributed by atoms with Crippen molar-refractivity contribution in [3.63, 3.8) is 0 Å². The molecule has 6 heteroatoms. The summed E-state index contributed by atoms with van der Waals surface area (Å²) in [4.78, 5) is 16.3. The van der Waals surface area contributed by atoms with E-state index in [1.165, 1.54) is 12.1 Å². The number of nitrogens with zero attached hydrogens (tertiary/aromatic N) is 1. The van der Waals surface area contributed by atoms with Crippen molar-refractivity contribution in [2.24, 2.45) is 4.99 Å². The molecule has 0 saturated carbocycles. The molecule has 2 aromatic carbocycles. The molecule has 3 N–H and O–H groups in total. The highest BCUT2D eigenvalue weighted by Gasteiger charge is 2.04. The Balaban J connectivity index is 1.84. The monoisotopic (exact) mass is 356 g/mol. The molecule has 1 amide bonds. The summed E-state index contributed by atoms with van der Waals surface area (Å²) in [5.74, 6) is 0.178. The van der Waals surface area contributed by atoms with Crippen molar-refractivity contribution >= 4 is 17.6 Å². The number of para-hydroxylation sites is 1. The minimum atomic E-state index is -0.224. The summed E-state index contributed by atoms with van der Waals surface area (Å²) in [5.41, 5.74) is 2.75. The molecular formula is C20H25FN4O. The summed E-state index contributed by atoms with van der Waals surface area (Å²) in [6, 6.07) is 14.1. The van der Waals surface area contributed by atoms with Gasteiger partial charge in [0.1, 0.15) is 12.4 Å². The van der Waals surface area contributed by atoms with E-state index in [0.29, 0.717) is 19.0 Å². The maximum atomic E-state index is 13.1. The molecule has 2 aromatic rings. The van der Waals surface area contributed by atoms with Crippen molar-refractivity contribution < 1.29 is 9.18 Å². The van der Waals surface area contributed by atoms with Gasteiger partial charge in [0.15, 0.2) is 5.96 Å². The molecule has 0 unspecified atom stereocenters. The molecular weight excluding hydrogens is 331 g/mol. The molecule has 0 heterocycles. The lowest BCUT2D eigenvalue weighted by Crippen LogP contribution is -2.39. The number of carbonyl (C=O) groups is 1. The van der Waals surface area contributed by atoms with E-state index in [2.05, 4.69) is 20.9 Å². The van der Waals surface area contributed by atoms with Crippen molar-refractivity contribution in [2.75, 3.05) is 25.0 Å². The smallest absolute Gasteiger partial charge is 0.246 e. The number of benzene rings is 2. The Morgan fingerprint density at radius 3 is 2.58 bits per heavy atom. The SMILES string of the molecule is CCNC(=NCC(=O)Nc1ccccc1)NCCc1ccc(F)cc1C. The first kappa shape index (κ1) is 19.4. The first-order valence-electron chi connectivity index (χ1n) is 8.70. The van der Waals surface area contributed by atoms with Gasteiger partial charge in [-0.1, -0.05) is 24.3 Å². The van der Waals surface area contributed by atoms with Crippen molar-refractivity contribution in [2.45, 2.75) is 20.3 Å². The standard InChI is InChI=1S/C20H25FN4O/c1-3-22-20(23-12-11-16-9-10-17(21)13-15(16)2)24-14-19(26)25-18-7-5-4-6-8-18/h4-10,13H,3,11-12,14H2,1-2H3,(H,25,26)(H2,22,23,24). The zero-order valence-electron chi connectivity index (χ0n) is 15.2. The summed E-state index contributed by atoms with van der Waals surface area (Å²) in [5, 5.41) is 9.10. The Morgan fingerprint density at radius 1 is 1.12 bits per heavy atom. The number of halogens is 1. The highest BCUT2D eigenvalue weighted by Crippen LogP contribution is 2.10. The van der Waals surface area contributed by atoms with E-state index in [1.54, 1.807) is 6.07 Å². The molecule has 2 rings (SSSR count). The number of hydrogen-bond acceptors (Lipinski definition) is 2. The first-order chi connectivity index (χ1) is 12.6. The van der Waals surface area contributed by atoms with Gasteiger partial charge in [-0.05, 0) is 55.7 Å². The number of aryl methyl sites for hydroxylation is 1. The Bertz CT molecular complexity index is 747. The molecule has 138 valence electrons. The average Bonchev–Trinajstić information content (AvgIpc) is 2.62. The van der Waals surface area contributed by atoms with Gasteiger partial charge in [-0.2, -0.15) is 0 Å². The van der Waals surface area contributed by atoms with Crippen LogP contribution in [-0.4, -0.2) is 31.5 Å². The second-order valence-corrected chi connectivity index (χ2v) is 5.86. The predicted octanol–water partition coefficient (Wildman–Crippen LogP) is 2.87. The Hall–Kier alpha value is -2.89. The van der Waals surface area contributed by atoms with Crippen LogP contribution in [0.1, 0.15) is 18.1 Å².